The molecule has 0 aliphatic heterocycles. The van der Waals surface area contributed by atoms with Crippen LogP contribution in [-0.2, 0) is 0 Å². The fourth-order valence-corrected chi connectivity index (χ4v) is 2.57. The van der Waals surface area contributed by atoms with Gasteiger partial charge in [-0.25, -0.2) is 9.67 Å². The van der Waals surface area contributed by atoms with E-state index in [2.05, 4.69) is 20.6 Å². The van der Waals surface area contributed by atoms with Crippen LogP contribution >= 0.6 is 0 Å². The van der Waals surface area contributed by atoms with Crippen molar-refractivity contribution in [2.24, 2.45) is 0 Å². The number of benzene rings is 1. The van der Waals surface area contributed by atoms with Crippen LogP contribution in [0.4, 0.5) is 0 Å². The molecule has 1 atom stereocenters. The highest BCUT2D eigenvalue weighted by atomic mass is 16.5. The molecule has 7 nitrogen and oxygen atoms in total. The lowest BCUT2D eigenvalue weighted by atomic mass is 10.1. The molecule has 1 unspecified atom stereocenters. The van der Waals surface area contributed by atoms with Gasteiger partial charge in [0.1, 0.15) is 18.4 Å². The Labute approximate surface area is 138 Å². The summed E-state index contributed by atoms with van der Waals surface area (Å²) in [6.45, 7) is 1.93. The van der Waals surface area contributed by atoms with Crippen LogP contribution in [0.5, 0.6) is 0 Å². The third kappa shape index (κ3) is 2.92. The third-order valence-corrected chi connectivity index (χ3v) is 4.16. The molecule has 2 heterocycles. The maximum atomic E-state index is 12.3. The predicted molar refractivity (Wildman–Crippen MR) is 85.7 cm³/mol. The Balaban J connectivity index is 1.43. The zero-order valence-electron chi connectivity index (χ0n) is 13.2. The lowest BCUT2D eigenvalue weighted by Crippen LogP contribution is -2.26. The van der Waals surface area contributed by atoms with Gasteiger partial charge < -0.3 is 9.84 Å². The molecule has 0 saturated heterocycles. The Morgan fingerprint density at radius 3 is 2.79 bits per heavy atom. The van der Waals surface area contributed by atoms with Crippen LogP contribution < -0.4 is 5.32 Å². The van der Waals surface area contributed by atoms with Gasteiger partial charge in [0.05, 0.1) is 11.7 Å². The van der Waals surface area contributed by atoms with Crippen LogP contribution in [0.1, 0.15) is 53.5 Å². The zero-order chi connectivity index (χ0) is 16.5. The second-order valence-electron chi connectivity index (χ2n) is 6.02. The number of nitrogens with zero attached hydrogens (tertiary/aromatic N) is 4. The minimum absolute atomic E-state index is 0.136. The van der Waals surface area contributed by atoms with Crippen LogP contribution in [0, 0.1) is 0 Å². The van der Waals surface area contributed by atoms with Crippen molar-refractivity contribution in [3.8, 4) is 5.69 Å². The number of hydrogen-bond acceptors (Lipinski definition) is 5. The SMILES string of the molecule is CC(NC(=O)c1cc(C2CC2)on1)c1ccc(-n2cncn2)cc1. The van der Waals surface area contributed by atoms with E-state index in [0.717, 1.165) is 29.9 Å². The summed E-state index contributed by atoms with van der Waals surface area (Å²) in [4.78, 5) is 16.2. The second-order valence-corrected chi connectivity index (χ2v) is 6.02. The molecule has 1 fully saturated rings. The van der Waals surface area contributed by atoms with E-state index in [0.29, 0.717) is 11.6 Å². The minimum Gasteiger partial charge on any atom is -0.360 e. The second kappa shape index (κ2) is 5.92. The first-order chi connectivity index (χ1) is 11.7. The highest BCUT2D eigenvalue weighted by molar-refractivity contribution is 5.92. The molecule has 4 rings (SSSR count). The summed E-state index contributed by atoms with van der Waals surface area (Å²) in [7, 11) is 0. The van der Waals surface area contributed by atoms with Gasteiger partial charge in [0.15, 0.2) is 5.69 Å². The first-order valence-electron chi connectivity index (χ1n) is 7.93. The van der Waals surface area contributed by atoms with E-state index in [9.17, 15) is 4.79 Å². The maximum Gasteiger partial charge on any atom is 0.273 e. The van der Waals surface area contributed by atoms with E-state index >= 15 is 0 Å². The van der Waals surface area contributed by atoms with Crippen LogP contribution in [0.2, 0.25) is 0 Å². The van der Waals surface area contributed by atoms with Crippen molar-refractivity contribution in [2.45, 2.75) is 31.7 Å². The Hall–Kier alpha value is -2.96. The van der Waals surface area contributed by atoms with Crippen LogP contribution in [-0.4, -0.2) is 25.8 Å². The van der Waals surface area contributed by atoms with Crippen molar-refractivity contribution in [1.29, 1.82) is 0 Å². The van der Waals surface area contributed by atoms with Gasteiger partial charge >= 0.3 is 0 Å². The van der Waals surface area contributed by atoms with Gasteiger partial charge in [0.2, 0.25) is 0 Å². The van der Waals surface area contributed by atoms with Gasteiger partial charge in [-0.05, 0) is 37.5 Å². The monoisotopic (exact) mass is 323 g/mol. The van der Waals surface area contributed by atoms with Gasteiger partial charge in [-0.2, -0.15) is 5.10 Å². The van der Waals surface area contributed by atoms with Crippen LogP contribution in [0.15, 0.2) is 47.5 Å². The van der Waals surface area contributed by atoms with Crippen LogP contribution in [0.3, 0.4) is 0 Å². The fourth-order valence-electron chi connectivity index (χ4n) is 2.57. The normalized spacial score (nSPS) is 15.2. The average molecular weight is 323 g/mol. The van der Waals surface area contributed by atoms with Crippen molar-refractivity contribution < 1.29 is 9.32 Å². The summed E-state index contributed by atoms with van der Waals surface area (Å²) >= 11 is 0. The Bertz CT molecular complexity index is 834. The molecule has 24 heavy (non-hydrogen) atoms. The van der Waals surface area contributed by atoms with E-state index < -0.39 is 0 Å². The minimum atomic E-state index is -0.224. The van der Waals surface area contributed by atoms with Crippen LogP contribution in [0.25, 0.3) is 5.69 Å². The summed E-state index contributed by atoms with van der Waals surface area (Å²) in [5, 5.41) is 10.9. The maximum absolute atomic E-state index is 12.3. The predicted octanol–water partition coefficient (Wildman–Crippen LogP) is 2.62. The number of carbonyl (C=O) groups excluding carboxylic acids is 1. The van der Waals surface area contributed by atoms with Gasteiger partial charge in [-0.1, -0.05) is 17.3 Å². The lowest BCUT2D eigenvalue weighted by Gasteiger charge is -2.13. The fraction of sp³-hybridized carbons (Fsp3) is 0.294. The highest BCUT2D eigenvalue weighted by Gasteiger charge is 2.29. The molecule has 0 spiro atoms. The Morgan fingerprint density at radius 1 is 1.33 bits per heavy atom. The molecule has 1 saturated carbocycles. The quantitative estimate of drug-likeness (QED) is 0.780. The van der Waals surface area contributed by atoms with Crippen molar-refractivity contribution >= 4 is 5.91 Å². The molecule has 3 aromatic rings. The molecule has 1 aromatic carbocycles. The number of aromatic nitrogens is 4. The molecule has 7 heteroatoms. The van der Waals surface area contributed by atoms with E-state index in [1.807, 2.05) is 31.2 Å². The summed E-state index contributed by atoms with van der Waals surface area (Å²) in [5.41, 5.74) is 2.25. The van der Waals surface area contributed by atoms with Gasteiger partial charge in [-0.3, -0.25) is 4.79 Å². The standard InChI is InChI=1S/C17H17N5O2/c1-11(12-4-6-14(7-5-12)22-10-18-9-19-22)20-17(23)15-8-16(24-21-15)13-2-3-13/h4-11,13H,2-3H2,1H3,(H,20,23). The summed E-state index contributed by atoms with van der Waals surface area (Å²) in [6.07, 6.45) is 5.36. The topological polar surface area (TPSA) is 85.8 Å². The lowest BCUT2D eigenvalue weighted by molar-refractivity contribution is 0.0930. The molecule has 0 bridgehead atoms. The first kappa shape index (κ1) is 14.6. The highest BCUT2D eigenvalue weighted by Crippen LogP contribution is 2.40. The molecular weight excluding hydrogens is 306 g/mol. The van der Waals surface area contributed by atoms with Crippen molar-refractivity contribution in [2.75, 3.05) is 0 Å². The first-order valence-corrected chi connectivity index (χ1v) is 7.93. The molecule has 2 aromatic heterocycles. The van der Waals surface area contributed by atoms with E-state index in [-0.39, 0.29) is 11.9 Å². The summed E-state index contributed by atoms with van der Waals surface area (Å²) in [6, 6.07) is 9.40. The molecule has 1 amide bonds. The Kier molecular flexibility index (Phi) is 3.60. The van der Waals surface area contributed by atoms with Gasteiger partial charge in [0, 0.05) is 12.0 Å². The number of nitrogens with one attached hydrogen (secondary N) is 1. The molecular formula is C17H17N5O2. The molecule has 1 aliphatic rings. The third-order valence-electron chi connectivity index (χ3n) is 4.16. The van der Waals surface area contributed by atoms with Gasteiger partial charge in [-0.15, -0.1) is 0 Å². The molecule has 1 N–H and O–H groups in total. The zero-order valence-corrected chi connectivity index (χ0v) is 13.2. The smallest absolute Gasteiger partial charge is 0.273 e. The number of hydrogen-bond donors (Lipinski definition) is 1. The van der Waals surface area contributed by atoms with Crippen molar-refractivity contribution in [1.82, 2.24) is 25.2 Å². The van der Waals surface area contributed by atoms with Gasteiger partial charge in [0.25, 0.3) is 5.91 Å². The molecule has 1 aliphatic carbocycles. The average Bonchev–Trinajstić information content (AvgIpc) is 3.12. The largest absolute Gasteiger partial charge is 0.360 e. The molecule has 0 radical (unpaired) electrons. The van der Waals surface area contributed by atoms with E-state index in [4.69, 9.17) is 4.52 Å². The number of amides is 1. The summed E-state index contributed by atoms with van der Waals surface area (Å²) < 4.78 is 6.91. The Morgan fingerprint density at radius 2 is 2.12 bits per heavy atom. The number of carbonyl (C=O) groups is 1. The van der Waals surface area contributed by atoms with E-state index in [1.54, 1.807) is 17.1 Å². The number of rotatable bonds is 5. The summed E-state index contributed by atoms with van der Waals surface area (Å²) in [5.74, 6) is 1.03. The molecule has 122 valence electrons. The van der Waals surface area contributed by atoms with E-state index in [1.165, 1.54) is 6.33 Å². The van der Waals surface area contributed by atoms with Crippen molar-refractivity contribution in [3.05, 3.63) is 60.0 Å². The van der Waals surface area contributed by atoms with Crippen molar-refractivity contribution in [3.63, 3.8) is 0 Å².